The molecule has 2 aromatic rings. The van der Waals surface area contributed by atoms with Crippen LogP contribution in [0.5, 0.6) is 0 Å². The number of aryl methyl sites for hydroxylation is 1. The minimum Gasteiger partial charge on any atom is -0.359 e. The number of hydrogen-bond donors (Lipinski definition) is 1. The van der Waals surface area contributed by atoms with E-state index in [4.69, 9.17) is 0 Å². The molecule has 2 aromatic carbocycles. The lowest BCUT2D eigenvalue weighted by Gasteiger charge is -2.12. The molecule has 0 amide bonds. The number of hydrogen-bond acceptors (Lipinski definition) is 1. The molecular formula is C30H39N. The molecule has 0 atom stereocenters. The molecule has 0 saturated heterocycles. The first-order chi connectivity index (χ1) is 15.0. The quantitative estimate of drug-likeness (QED) is 0.286. The zero-order valence-electron chi connectivity index (χ0n) is 19.9. The molecule has 0 heterocycles. The first-order valence-electron chi connectivity index (χ1n) is 11.2. The predicted molar refractivity (Wildman–Crippen MR) is 141 cm³/mol. The SMILES string of the molecule is C=C/C(=C\C=C/C)CCC(=C)CC(=C)Nc1ccc(Cc2ccc(C)cc2)cc1.CC. The lowest BCUT2D eigenvalue weighted by molar-refractivity contribution is 0.905. The van der Waals surface area contributed by atoms with E-state index in [1.165, 1.54) is 27.8 Å². The van der Waals surface area contributed by atoms with E-state index in [0.29, 0.717) is 0 Å². The third-order valence-electron chi connectivity index (χ3n) is 4.80. The van der Waals surface area contributed by atoms with Crippen LogP contribution in [0.15, 0.2) is 109 Å². The molecule has 1 heteroatoms. The molecule has 31 heavy (non-hydrogen) atoms. The van der Waals surface area contributed by atoms with Crippen molar-refractivity contribution in [2.45, 2.75) is 53.4 Å². The Morgan fingerprint density at radius 1 is 0.903 bits per heavy atom. The summed E-state index contributed by atoms with van der Waals surface area (Å²) in [5.74, 6) is 0. The summed E-state index contributed by atoms with van der Waals surface area (Å²) in [5.41, 5.74) is 8.37. The summed E-state index contributed by atoms with van der Waals surface area (Å²) >= 11 is 0. The smallest absolute Gasteiger partial charge is 0.0381 e. The summed E-state index contributed by atoms with van der Waals surface area (Å²) in [6.07, 6.45) is 11.7. The van der Waals surface area contributed by atoms with Gasteiger partial charge in [-0.15, -0.1) is 0 Å². The summed E-state index contributed by atoms with van der Waals surface area (Å²) in [5, 5.41) is 3.41. The lowest BCUT2D eigenvalue weighted by atomic mass is 10.0. The van der Waals surface area contributed by atoms with Gasteiger partial charge in [-0.05, 0) is 61.9 Å². The first-order valence-corrected chi connectivity index (χ1v) is 11.2. The molecule has 0 aromatic heterocycles. The van der Waals surface area contributed by atoms with Gasteiger partial charge in [-0.25, -0.2) is 0 Å². The van der Waals surface area contributed by atoms with E-state index in [1.807, 2.05) is 39.0 Å². The van der Waals surface area contributed by atoms with Gasteiger partial charge < -0.3 is 5.32 Å². The summed E-state index contributed by atoms with van der Waals surface area (Å²) in [6.45, 7) is 20.4. The van der Waals surface area contributed by atoms with Crippen LogP contribution in [0, 0.1) is 6.92 Å². The minimum atomic E-state index is 0.777. The van der Waals surface area contributed by atoms with Crippen LogP contribution >= 0.6 is 0 Å². The molecule has 0 spiro atoms. The van der Waals surface area contributed by atoms with Gasteiger partial charge in [0, 0.05) is 17.8 Å². The maximum absolute atomic E-state index is 4.21. The molecular weight excluding hydrogens is 374 g/mol. The zero-order valence-corrected chi connectivity index (χ0v) is 19.9. The van der Waals surface area contributed by atoms with Gasteiger partial charge in [-0.1, -0.05) is 105 Å². The Morgan fingerprint density at radius 3 is 2.03 bits per heavy atom. The topological polar surface area (TPSA) is 12.0 Å². The summed E-state index contributed by atoms with van der Waals surface area (Å²) in [6, 6.07) is 17.3. The second-order valence-corrected chi connectivity index (χ2v) is 7.49. The number of allylic oxidation sites excluding steroid dienone is 6. The van der Waals surface area contributed by atoms with Crippen molar-refractivity contribution >= 4 is 5.69 Å². The molecule has 1 nitrogen and oxygen atoms in total. The third kappa shape index (κ3) is 10.5. The van der Waals surface area contributed by atoms with Crippen molar-refractivity contribution in [2.24, 2.45) is 0 Å². The van der Waals surface area contributed by atoms with Crippen LogP contribution < -0.4 is 5.32 Å². The van der Waals surface area contributed by atoms with E-state index in [0.717, 1.165) is 37.1 Å². The Labute approximate surface area is 190 Å². The highest BCUT2D eigenvalue weighted by Gasteiger charge is 2.02. The van der Waals surface area contributed by atoms with Gasteiger partial charge in [0.25, 0.3) is 0 Å². The van der Waals surface area contributed by atoms with Crippen LogP contribution in [0.25, 0.3) is 0 Å². The molecule has 2 rings (SSSR count). The molecule has 0 bridgehead atoms. The molecule has 0 aliphatic rings. The van der Waals surface area contributed by atoms with Gasteiger partial charge in [0.05, 0.1) is 0 Å². The number of nitrogens with one attached hydrogen (secondary N) is 1. The standard InChI is InChI=1S/C28H33N.C2H6/c1-6-8-9-25(7-2)13-12-23(4)20-24(5)29-28-18-16-27(17-19-28)21-26-14-10-22(3)11-15-26;1-2/h6-11,14-19,29H,2,4-5,12-13,20-21H2,1,3H3;1-2H3/b8-6-,25-9+;. The van der Waals surface area contributed by atoms with Crippen LogP contribution in [0.4, 0.5) is 5.69 Å². The van der Waals surface area contributed by atoms with Crippen molar-refractivity contribution in [1.29, 1.82) is 0 Å². The van der Waals surface area contributed by atoms with Crippen molar-refractivity contribution < 1.29 is 0 Å². The third-order valence-corrected chi connectivity index (χ3v) is 4.80. The fraction of sp³-hybridized carbons (Fsp3) is 0.267. The Bertz CT molecular complexity index is 877. The van der Waals surface area contributed by atoms with Gasteiger partial charge in [-0.2, -0.15) is 0 Å². The minimum absolute atomic E-state index is 0.777. The normalized spacial score (nSPS) is 10.9. The van der Waals surface area contributed by atoms with Gasteiger partial charge in [-0.3, -0.25) is 0 Å². The van der Waals surface area contributed by atoms with Crippen LogP contribution in [0.2, 0.25) is 0 Å². The number of rotatable bonds is 11. The van der Waals surface area contributed by atoms with E-state index in [1.54, 1.807) is 0 Å². The van der Waals surface area contributed by atoms with E-state index in [2.05, 4.69) is 86.6 Å². The van der Waals surface area contributed by atoms with E-state index >= 15 is 0 Å². The average Bonchev–Trinajstić information content (AvgIpc) is 2.78. The van der Waals surface area contributed by atoms with Crippen LogP contribution in [0.3, 0.4) is 0 Å². The Morgan fingerprint density at radius 2 is 1.48 bits per heavy atom. The second kappa shape index (κ2) is 14.8. The number of anilines is 1. The molecule has 0 aliphatic heterocycles. The molecule has 0 saturated carbocycles. The largest absolute Gasteiger partial charge is 0.359 e. The highest BCUT2D eigenvalue weighted by atomic mass is 14.9. The Kier molecular flexibility index (Phi) is 12.4. The van der Waals surface area contributed by atoms with Crippen molar-refractivity contribution in [3.63, 3.8) is 0 Å². The van der Waals surface area contributed by atoms with Gasteiger partial charge >= 0.3 is 0 Å². The average molecular weight is 414 g/mol. The van der Waals surface area contributed by atoms with E-state index < -0.39 is 0 Å². The molecule has 1 N–H and O–H groups in total. The fourth-order valence-electron chi connectivity index (χ4n) is 3.08. The monoisotopic (exact) mass is 413 g/mol. The molecule has 0 radical (unpaired) electrons. The molecule has 0 aliphatic carbocycles. The van der Waals surface area contributed by atoms with Crippen molar-refractivity contribution in [3.05, 3.63) is 126 Å². The van der Waals surface area contributed by atoms with E-state index in [9.17, 15) is 0 Å². The van der Waals surface area contributed by atoms with Crippen LogP contribution in [-0.2, 0) is 6.42 Å². The highest BCUT2D eigenvalue weighted by Crippen LogP contribution is 2.20. The molecule has 0 fully saturated rings. The Hall–Kier alpha value is -3.06. The highest BCUT2D eigenvalue weighted by molar-refractivity contribution is 5.50. The van der Waals surface area contributed by atoms with Gasteiger partial charge in [0.15, 0.2) is 0 Å². The Balaban J connectivity index is 0.00000233. The van der Waals surface area contributed by atoms with Crippen LogP contribution in [-0.4, -0.2) is 0 Å². The fourth-order valence-corrected chi connectivity index (χ4v) is 3.08. The second-order valence-electron chi connectivity index (χ2n) is 7.49. The van der Waals surface area contributed by atoms with Gasteiger partial charge in [0.2, 0.25) is 0 Å². The van der Waals surface area contributed by atoms with E-state index in [-0.39, 0.29) is 0 Å². The summed E-state index contributed by atoms with van der Waals surface area (Å²) in [7, 11) is 0. The van der Waals surface area contributed by atoms with Crippen molar-refractivity contribution in [1.82, 2.24) is 0 Å². The first kappa shape index (κ1) is 26.0. The summed E-state index contributed by atoms with van der Waals surface area (Å²) in [4.78, 5) is 0. The summed E-state index contributed by atoms with van der Waals surface area (Å²) < 4.78 is 0. The predicted octanol–water partition coefficient (Wildman–Crippen LogP) is 8.95. The van der Waals surface area contributed by atoms with Crippen LogP contribution in [0.1, 0.15) is 56.7 Å². The van der Waals surface area contributed by atoms with Crippen molar-refractivity contribution in [2.75, 3.05) is 5.32 Å². The number of benzene rings is 2. The zero-order chi connectivity index (χ0) is 23.1. The molecule has 164 valence electrons. The maximum atomic E-state index is 4.21. The van der Waals surface area contributed by atoms with Gasteiger partial charge in [0.1, 0.15) is 0 Å². The lowest BCUT2D eigenvalue weighted by Crippen LogP contribution is -2.00. The molecule has 0 unspecified atom stereocenters. The van der Waals surface area contributed by atoms with Crippen molar-refractivity contribution in [3.8, 4) is 0 Å². The maximum Gasteiger partial charge on any atom is 0.0381 e.